The maximum absolute atomic E-state index is 4.49. The number of hydrogen-bond donors (Lipinski definition) is 1. The van der Waals surface area contributed by atoms with Crippen LogP contribution in [0.25, 0.3) is 0 Å². The highest BCUT2D eigenvalue weighted by molar-refractivity contribution is 5.08. The van der Waals surface area contributed by atoms with Gasteiger partial charge in [-0.3, -0.25) is 9.88 Å². The fourth-order valence-electron chi connectivity index (χ4n) is 3.37. The molecule has 2 atom stereocenters. The van der Waals surface area contributed by atoms with Crippen molar-refractivity contribution >= 4 is 0 Å². The van der Waals surface area contributed by atoms with Gasteiger partial charge in [0.15, 0.2) is 0 Å². The Kier molecular flexibility index (Phi) is 3.59. The Morgan fingerprint density at radius 1 is 1.42 bits per heavy atom. The topological polar surface area (TPSA) is 28.2 Å². The fraction of sp³-hybridized carbons (Fsp3) is 0.688. The summed E-state index contributed by atoms with van der Waals surface area (Å²) in [5, 5.41) is 3.81. The van der Waals surface area contributed by atoms with Crippen LogP contribution in [0.2, 0.25) is 0 Å². The predicted molar refractivity (Wildman–Crippen MR) is 77.9 cm³/mol. The summed E-state index contributed by atoms with van der Waals surface area (Å²) in [6.07, 6.45) is 5.91. The molecule has 1 N–H and O–H groups in total. The molecule has 0 radical (unpaired) electrons. The predicted octanol–water partition coefficient (Wildman–Crippen LogP) is 2.43. The first-order valence-corrected chi connectivity index (χ1v) is 7.60. The van der Waals surface area contributed by atoms with Crippen molar-refractivity contribution in [3.05, 3.63) is 30.1 Å². The van der Waals surface area contributed by atoms with Gasteiger partial charge < -0.3 is 5.32 Å². The number of piperazine rings is 1. The van der Waals surface area contributed by atoms with Gasteiger partial charge in [-0.05, 0) is 44.2 Å². The van der Waals surface area contributed by atoms with Crippen LogP contribution in [0.4, 0.5) is 0 Å². The van der Waals surface area contributed by atoms with E-state index < -0.39 is 0 Å². The van der Waals surface area contributed by atoms with Gasteiger partial charge in [0, 0.05) is 37.4 Å². The average Bonchev–Trinajstić information content (AvgIpc) is 3.25. The Balaban J connectivity index is 1.72. The Hall–Kier alpha value is -0.930. The van der Waals surface area contributed by atoms with Crippen LogP contribution in [-0.4, -0.2) is 34.6 Å². The standard InChI is InChI=1S/C16H25N3/c1-3-15-10-18-16(2,13-7-8-13)12-19(15)11-14-6-4-5-9-17-14/h4-6,9,13,15,18H,3,7-8,10-12H2,1-2H3. The summed E-state index contributed by atoms with van der Waals surface area (Å²) in [7, 11) is 0. The minimum Gasteiger partial charge on any atom is -0.308 e. The summed E-state index contributed by atoms with van der Waals surface area (Å²) in [6, 6.07) is 6.87. The molecule has 2 heterocycles. The van der Waals surface area contributed by atoms with E-state index in [-0.39, 0.29) is 0 Å². The van der Waals surface area contributed by atoms with E-state index in [4.69, 9.17) is 0 Å². The lowest BCUT2D eigenvalue weighted by Crippen LogP contribution is -2.63. The normalized spacial score (nSPS) is 32.4. The smallest absolute Gasteiger partial charge is 0.0544 e. The van der Waals surface area contributed by atoms with E-state index in [9.17, 15) is 0 Å². The first-order chi connectivity index (χ1) is 9.21. The second kappa shape index (κ2) is 5.22. The number of nitrogens with one attached hydrogen (secondary N) is 1. The molecule has 3 heteroatoms. The summed E-state index contributed by atoms with van der Waals surface area (Å²) in [4.78, 5) is 7.12. The number of rotatable bonds is 4. The van der Waals surface area contributed by atoms with E-state index in [2.05, 4.69) is 41.2 Å². The largest absolute Gasteiger partial charge is 0.308 e. The van der Waals surface area contributed by atoms with Crippen LogP contribution >= 0.6 is 0 Å². The molecule has 0 amide bonds. The molecule has 3 nitrogen and oxygen atoms in total. The lowest BCUT2D eigenvalue weighted by molar-refractivity contribution is 0.0656. The van der Waals surface area contributed by atoms with Crippen molar-refractivity contribution in [1.29, 1.82) is 0 Å². The van der Waals surface area contributed by atoms with Gasteiger partial charge in [-0.2, -0.15) is 0 Å². The molecule has 104 valence electrons. The summed E-state index contributed by atoms with van der Waals surface area (Å²) in [6.45, 7) is 7.96. The molecule has 0 spiro atoms. The molecule has 2 aliphatic rings. The van der Waals surface area contributed by atoms with Crippen LogP contribution in [0, 0.1) is 5.92 Å². The summed E-state index contributed by atoms with van der Waals surface area (Å²) in [5.41, 5.74) is 1.52. The zero-order valence-electron chi connectivity index (χ0n) is 12.1. The SMILES string of the molecule is CCC1CNC(C)(C2CC2)CN1Cc1ccccn1. The van der Waals surface area contributed by atoms with Crippen LogP contribution in [0.15, 0.2) is 24.4 Å². The Bertz CT molecular complexity index is 415. The number of aromatic nitrogens is 1. The van der Waals surface area contributed by atoms with Crippen LogP contribution in [-0.2, 0) is 6.54 Å². The monoisotopic (exact) mass is 259 g/mol. The minimum absolute atomic E-state index is 0.320. The van der Waals surface area contributed by atoms with Gasteiger partial charge >= 0.3 is 0 Å². The van der Waals surface area contributed by atoms with E-state index in [0.29, 0.717) is 11.6 Å². The molecule has 3 rings (SSSR count). The molecule has 1 aromatic rings. The first-order valence-electron chi connectivity index (χ1n) is 7.60. The van der Waals surface area contributed by atoms with Gasteiger partial charge in [0.25, 0.3) is 0 Å². The Morgan fingerprint density at radius 2 is 2.26 bits per heavy atom. The van der Waals surface area contributed by atoms with Crippen molar-refractivity contribution in [2.24, 2.45) is 5.92 Å². The molecule has 0 bridgehead atoms. The molecule has 2 fully saturated rings. The van der Waals surface area contributed by atoms with Crippen molar-refractivity contribution in [1.82, 2.24) is 15.2 Å². The molecule has 1 aromatic heterocycles. The Morgan fingerprint density at radius 3 is 2.89 bits per heavy atom. The fourth-order valence-corrected chi connectivity index (χ4v) is 3.37. The van der Waals surface area contributed by atoms with Crippen molar-refractivity contribution in [3.8, 4) is 0 Å². The molecule has 2 unspecified atom stereocenters. The van der Waals surface area contributed by atoms with Gasteiger partial charge in [-0.15, -0.1) is 0 Å². The molecular formula is C16H25N3. The number of hydrogen-bond acceptors (Lipinski definition) is 3. The molecule has 1 aliphatic heterocycles. The molecule has 0 aromatic carbocycles. The number of pyridine rings is 1. The highest BCUT2D eigenvalue weighted by atomic mass is 15.3. The van der Waals surface area contributed by atoms with Gasteiger partial charge in [-0.1, -0.05) is 13.0 Å². The molecule has 1 saturated carbocycles. The third-order valence-electron chi connectivity index (χ3n) is 4.83. The van der Waals surface area contributed by atoms with Gasteiger partial charge in [0.05, 0.1) is 5.69 Å². The Labute approximate surface area is 116 Å². The molecule has 1 saturated heterocycles. The van der Waals surface area contributed by atoms with E-state index in [0.717, 1.165) is 25.6 Å². The van der Waals surface area contributed by atoms with Crippen molar-refractivity contribution in [3.63, 3.8) is 0 Å². The molecular weight excluding hydrogens is 234 g/mol. The second-order valence-electron chi connectivity index (χ2n) is 6.36. The van der Waals surface area contributed by atoms with Crippen LogP contribution in [0.3, 0.4) is 0 Å². The van der Waals surface area contributed by atoms with E-state index in [1.165, 1.54) is 25.0 Å². The van der Waals surface area contributed by atoms with Crippen molar-refractivity contribution in [2.75, 3.05) is 13.1 Å². The van der Waals surface area contributed by atoms with Gasteiger partial charge in [-0.25, -0.2) is 0 Å². The quantitative estimate of drug-likeness (QED) is 0.900. The van der Waals surface area contributed by atoms with E-state index >= 15 is 0 Å². The van der Waals surface area contributed by atoms with Crippen LogP contribution in [0.5, 0.6) is 0 Å². The minimum atomic E-state index is 0.320. The zero-order valence-corrected chi connectivity index (χ0v) is 12.1. The van der Waals surface area contributed by atoms with Crippen LogP contribution in [0.1, 0.15) is 38.8 Å². The lowest BCUT2D eigenvalue weighted by Gasteiger charge is -2.46. The van der Waals surface area contributed by atoms with E-state index in [1.54, 1.807) is 0 Å². The number of nitrogens with zero attached hydrogens (tertiary/aromatic N) is 2. The van der Waals surface area contributed by atoms with Crippen molar-refractivity contribution in [2.45, 2.75) is 51.2 Å². The highest BCUT2D eigenvalue weighted by Gasteiger charge is 2.45. The van der Waals surface area contributed by atoms with Gasteiger partial charge in [0.1, 0.15) is 0 Å². The molecule has 1 aliphatic carbocycles. The van der Waals surface area contributed by atoms with Crippen molar-refractivity contribution < 1.29 is 0 Å². The third kappa shape index (κ3) is 2.82. The third-order valence-corrected chi connectivity index (χ3v) is 4.83. The maximum Gasteiger partial charge on any atom is 0.0544 e. The van der Waals surface area contributed by atoms with Gasteiger partial charge in [0.2, 0.25) is 0 Å². The second-order valence-corrected chi connectivity index (χ2v) is 6.36. The first kappa shape index (κ1) is 13.1. The van der Waals surface area contributed by atoms with E-state index in [1.807, 2.05) is 12.3 Å². The van der Waals surface area contributed by atoms with Crippen LogP contribution < -0.4 is 5.32 Å². The maximum atomic E-state index is 4.49. The zero-order chi connectivity index (χ0) is 13.3. The molecule has 19 heavy (non-hydrogen) atoms. The summed E-state index contributed by atoms with van der Waals surface area (Å²) >= 11 is 0. The summed E-state index contributed by atoms with van der Waals surface area (Å²) in [5.74, 6) is 0.886. The summed E-state index contributed by atoms with van der Waals surface area (Å²) < 4.78 is 0. The lowest BCUT2D eigenvalue weighted by atomic mass is 9.90. The average molecular weight is 259 g/mol. The highest BCUT2D eigenvalue weighted by Crippen LogP contribution is 2.41.